The second-order valence-electron chi connectivity index (χ2n) is 2.61. The minimum absolute atomic E-state index is 0.0628. The lowest BCUT2D eigenvalue weighted by molar-refractivity contribution is 0.283. The van der Waals surface area contributed by atoms with Gasteiger partial charge in [-0.3, -0.25) is 9.79 Å². The first-order chi connectivity index (χ1) is 6.68. The molecule has 0 atom stereocenters. The molecule has 0 bridgehead atoms. The maximum absolute atomic E-state index is 10.5. The molecule has 0 aliphatic rings. The van der Waals surface area contributed by atoms with Gasteiger partial charge >= 0.3 is 7.82 Å². The third kappa shape index (κ3) is 4.60. The lowest BCUT2D eigenvalue weighted by atomic mass is 10.2. The summed E-state index contributed by atoms with van der Waals surface area (Å²) in [5, 5.41) is 0. The summed E-state index contributed by atoms with van der Waals surface area (Å²) in [5.41, 5.74) is 0.262. The van der Waals surface area contributed by atoms with Crippen molar-refractivity contribution in [2.75, 3.05) is 0 Å². The normalized spacial score (nSPS) is 12.6. The van der Waals surface area contributed by atoms with Crippen molar-refractivity contribution in [2.24, 2.45) is 0 Å². The lowest BCUT2D eigenvalue weighted by Crippen LogP contribution is -2.00. The zero-order valence-electron chi connectivity index (χ0n) is 7.10. The molecule has 0 saturated heterocycles. The van der Waals surface area contributed by atoms with Crippen LogP contribution in [-0.2, 0) is 8.36 Å². The molecule has 1 aromatic carbocycles. The number of hydrogen-bond acceptors (Lipinski definition) is 2. The number of halogens is 3. The van der Waals surface area contributed by atoms with Crippen molar-refractivity contribution in [3.05, 3.63) is 29.8 Å². The Balaban J connectivity index is 2.99. The summed E-state index contributed by atoms with van der Waals surface area (Å²) in [6, 6.07) is 5.55. The molecule has 0 fully saturated rings. The molecule has 2 N–H and O–H groups in total. The van der Waals surface area contributed by atoms with Gasteiger partial charge < -0.3 is 4.52 Å². The highest BCUT2D eigenvalue weighted by atomic mass is 35.6. The number of rotatable bonds is 2. The molecule has 0 saturated carbocycles. The first kappa shape index (κ1) is 13.1. The molecule has 0 unspecified atom stereocenters. The number of phosphoric ester groups is 1. The molecule has 8 heteroatoms. The number of benzene rings is 1. The predicted molar refractivity (Wildman–Crippen MR) is 58.4 cm³/mol. The van der Waals surface area contributed by atoms with E-state index in [-0.39, 0.29) is 11.3 Å². The Morgan fingerprint density at radius 3 is 2.33 bits per heavy atom. The Bertz CT molecular complexity index is 397. The SMILES string of the molecule is O=P(O)(O)Oc1cccc(C(Cl)(Cl)Cl)c1. The second kappa shape index (κ2) is 4.50. The van der Waals surface area contributed by atoms with Crippen LogP contribution in [0.3, 0.4) is 0 Å². The van der Waals surface area contributed by atoms with Crippen molar-refractivity contribution in [1.29, 1.82) is 0 Å². The molecule has 84 valence electrons. The van der Waals surface area contributed by atoms with Crippen molar-refractivity contribution < 1.29 is 18.9 Å². The second-order valence-corrected chi connectivity index (χ2v) is 6.05. The summed E-state index contributed by atoms with van der Waals surface area (Å²) in [6.45, 7) is 0. The van der Waals surface area contributed by atoms with Crippen LogP contribution >= 0.6 is 42.6 Å². The average Bonchev–Trinajstić information content (AvgIpc) is 1.99. The molecular formula is C7H6Cl3O4P. The Labute approximate surface area is 101 Å². The fourth-order valence-corrected chi connectivity index (χ4v) is 1.61. The Morgan fingerprint density at radius 1 is 1.27 bits per heavy atom. The third-order valence-electron chi connectivity index (χ3n) is 1.39. The number of alkyl halides is 3. The first-order valence-corrected chi connectivity index (χ1v) is 6.27. The highest BCUT2D eigenvalue weighted by molar-refractivity contribution is 7.46. The molecule has 1 rings (SSSR count). The van der Waals surface area contributed by atoms with Gasteiger partial charge in [-0.2, -0.15) is 0 Å². The fourth-order valence-electron chi connectivity index (χ4n) is 0.867. The fraction of sp³-hybridized carbons (Fsp3) is 0.143. The van der Waals surface area contributed by atoms with Gasteiger partial charge in [0.15, 0.2) is 0 Å². The zero-order valence-corrected chi connectivity index (χ0v) is 10.3. The quantitative estimate of drug-likeness (QED) is 0.649. The maximum atomic E-state index is 10.5. The van der Waals surface area contributed by atoms with Crippen molar-refractivity contribution >= 4 is 42.6 Å². The molecule has 0 heterocycles. The van der Waals surface area contributed by atoms with Gasteiger partial charge in [-0.25, -0.2) is 4.57 Å². The molecule has 0 aliphatic heterocycles. The van der Waals surface area contributed by atoms with E-state index in [1.165, 1.54) is 24.3 Å². The van der Waals surface area contributed by atoms with Gasteiger partial charge in [0, 0.05) is 5.56 Å². The summed E-state index contributed by atoms with van der Waals surface area (Å²) in [7, 11) is -4.59. The van der Waals surface area contributed by atoms with Crippen LogP contribution in [0.2, 0.25) is 0 Å². The van der Waals surface area contributed by atoms with E-state index in [0.717, 1.165) is 0 Å². The first-order valence-electron chi connectivity index (χ1n) is 3.61. The predicted octanol–water partition coefficient (Wildman–Crippen LogP) is 2.98. The molecule has 4 nitrogen and oxygen atoms in total. The van der Waals surface area contributed by atoms with E-state index < -0.39 is 11.6 Å². The van der Waals surface area contributed by atoms with E-state index in [4.69, 9.17) is 44.6 Å². The van der Waals surface area contributed by atoms with E-state index in [0.29, 0.717) is 0 Å². The lowest BCUT2D eigenvalue weighted by Gasteiger charge is -2.13. The molecule has 0 aromatic heterocycles. The average molecular weight is 291 g/mol. The summed E-state index contributed by atoms with van der Waals surface area (Å²) in [4.78, 5) is 17.1. The molecule has 0 radical (unpaired) electrons. The minimum Gasteiger partial charge on any atom is -0.404 e. The van der Waals surface area contributed by atoms with Crippen molar-refractivity contribution in [3.63, 3.8) is 0 Å². The standard InChI is InChI=1S/C7H6Cl3O4P/c8-7(9,10)5-2-1-3-6(4-5)14-15(11,12)13/h1-4H,(H2,11,12,13). The molecule has 0 spiro atoms. The molecule has 1 aromatic rings. The van der Waals surface area contributed by atoms with Crippen molar-refractivity contribution in [3.8, 4) is 5.75 Å². The number of phosphoric acid groups is 1. The third-order valence-corrected chi connectivity index (χ3v) is 2.49. The van der Waals surface area contributed by atoms with Crippen LogP contribution in [0.25, 0.3) is 0 Å². The molecule has 15 heavy (non-hydrogen) atoms. The van der Waals surface area contributed by atoms with Gasteiger partial charge in [-0.05, 0) is 12.1 Å². The van der Waals surface area contributed by atoms with E-state index in [1.54, 1.807) is 0 Å². The van der Waals surface area contributed by atoms with Crippen LogP contribution in [0.5, 0.6) is 5.75 Å². The Kier molecular flexibility index (Phi) is 3.93. The summed E-state index contributed by atoms with van der Waals surface area (Å²) in [6.07, 6.45) is 0. The number of hydrogen-bond donors (Lipinski definition) is 2. The maximum Gasteiger partial charge on any atom is 0.524 e. The van der Waals surface area contributed by atoms with E-state index in [2.05, 4.69) is 4.52 Å². The molecule has 0 amide bonds. The largest absolute Gasteiger partial charge is 0.524 e. The van der Waals surface area contributed by atoms with Crippen molar-refractivity contribution in [2.45, 2.75) is 3.79 Å². The van der Waals surface area contributed by atoms with E-state index in [9.17, 15) is 4.57 Å². The van der Waals surface area contributed by atoms with Crippen LogP contribution in [0.15, 0.2) is 24.3 Å². The monoisotopic (exact) mass is 290 g/mol. The van der Waals surface area contributed by atoms with Gasteiger partial charge in [-0.15, -0.1) is 0 Å². The molecular weight excluding hydrogens is 285 g/mol. The van der Waals surface area contributed by atoms with Gasteiger partial charge in [0.25, 0.3) is 0 Å². The summed E-state index contributed by atoms with van der Waals surface area (Å²) < 4.78 is 13.2. The van der Waals surface area contributed by atoms with E-state index >= 15 is 0 Å². The van der Waals surface area contributed by atoms with Crippen LogP contribution in [-0.4, -0.2) is 9.79 Å². The Hall–Kier alpha value is 0.0400. The van der Waals surface area contributed by atoms with Crippen molar-refractivity contribution in [1.82, 2.24) is 0 Å². The van der Waals surface area contributed by atoms with Gasteiger partial charge in [-0.1, -0.05) is 46.9 Å². The summed E-state index contributed by atoms with van der Waals surface area (Å²) >= 11 is 16.7. The zero-order chi connectivity index (χ0) is 11.7. The van der Waals surface area contributed by atoms with Crippen LogP contribution in [0.1, 0.15) is 5.56 Å². The summed E-state index contributed by atoms with van der Waals surface area (Å²) in [5.74, 6) is -0.0628. The van der Waals surface area contributed by atoms with Gasteiger partial charge in [0.05, 0.1) is 0 Å². The van der Waals surface area contributed by atoms with Crippen LogP contribution < -0.4 is 4.52 Å². The molecule has 0 aliphatic carbocycles. The van der Waals surface area contributed by atoms with E-state index in [1.807, 2.05) is 0 Å². The van der Waals surface area contributed by atoms with Crippen LogP contribution in [0.4, 0.5) is 0 Å². The van der Waals surface area contributed by atoms with Crippen LogP contribution in [0, 0.1) is 0 Å². The van der Waals surface area contributed by atoms with Gasteiger partial charge in [0.2, 0.25) is 3.79 Å². The minimum atomic E-state index is -4.59. The highest BCUT2D eigenvalue weighted by Gasteiger charge is 2.24. The topological polar surface area (TPSA) is 66.8 Å². The highest BCUT2D eigenvalue weighted by Crippen LogP contribution is 2.42. The smallest absolute Gasteiger partial charge is 0.404 e. The van der Waals surface area contributed by atoms with Gasteiger partial charge in [0.1, 0.15) is 5.75 Å². The Morgan fingerprint density at radius 2 is 1.87 bits per heavy atom.